The maximum Gasteiger partial charge on any atom is 0.170 e. The third-order valence-corrected chi connectivity index (χ3v) is 6.34. The molecule has 1 saturated carbocycles. The summed E-state index contributed by atoms with van der Waals surface area (Å²) in [5.41, 5.74) is 6.48. The van der Waals surface area contributed by atoms with E-state index in [9.17, 15) is 0 Å². The number of nitrogens with zero attached hydrogens (tertiary/aromatic N) is 2. The van der Waals surface area contributed by atoms with Crippen LogP contribution in [0.4, 0.5) is 0 Å². The molecule has 2 N–H and O–H groups in total. The third-order valence-electron chi connectivity index (χ3n) is 6.34. The second-order valence-electron chi connectivity index (χ2n) is 7.42. The Bertz CT molecular complexity index is 386. The lowest BCUT2D eigenvalue weighted by molar-refractivity contribution is -0.192. The largest absolute Gasteiger partial charge is 0.347 e. The van der Waals surface area contributed by atoms with E-state index in [4.69, 9.17) is 15.2 Å². The summed E-state index contributed by atoms with van der Waals surface area (Å²) in [6.07, 6.45) is 6.94. The zero-order chi connectivity index (χ0) is 14.4. The molecule has 21 heavy (non-hydrogen) atoms. The van der Waals surface area contributed by atoms with Crippen LogP contribution in [0.25, 0.3) is 0 Å². The van der Waals surface area contributed by atoms with E-state index in [0.29, 0.717) is 12.1 Å². The predicted octanol–water partition coefficient (Wildman–Crippen LogP) is 0.778. The zero-order valence-corrected chi connectivity index (χ0v) is 13.2. The third kappa shape index (κ3) is 2.53. The molecular weight excluding hydrogens is 266 g/mol. The van der Waals surface area contributed by atoms with E-state index >= 15 is 0 Å². The first-order valence-electron chi connectivity index (χ1n) is 8.66. The van der Waals surface area contributed by atoms with Gasteiger partial charge in [0.1, 0.15) is 0 Å². The second-order valence-corrected chi connectivity index (χ2v) is 7.42. The van der Waals surface area contributed by atoms with Crippen molar-refractivity contribution in [1.82, 2.24) is 9.80 Å². The molecule has 0 amide bonds. The van der Waals surface area contributed by atoms with Gasteiger partial charge in [-0.2, -0.15) is 0 Å². The summed E-state index contributed by atoms with van der Waals surface area (Å²) in [6.45, 7) is 3.84. The average Bonchev–Trinajstić information content (AvgIpc) is 3.00. The van der Waals surface area contributed by atoms with Gasteiger partial charge in [-0.3, -0.25) is 9.80 Å². The standard InChI is InChI=1S/C16H29N3O2/c1-18-12-2-3-13(18)11-19(7-5-12)15-10-16(6-4-14(15)17)20-8-9-21-16/h12-15H,2-11,17H2,1H3. The van der Waals surface area contributed by atoms with Crippen LogP contribution >= 0.6 is 0 Å². The monoisotopic (exact) mass is 295 g/mol. The summed E-state index contributed by atoms with van der Waals surface area (Å²) >= 11 is 0. The molecule has 1 spiro atoms. The summed E-state index contributed by atoms with van der Waals surface area (Å²) < 4.78 is 11.9. The van der Waals surface area contributed by atoms with Crippen molar-refractivity contribution in [3.05, 3.63) is 0 Å². The lowest BCUT2D eigenvalue weighted by Gasteiger charge is -2.45. The molecular formula is C16H29N3O2. The predicted molar refractivity (Wildman–Crippen MR) is 81.0 cm³/mol. The van der Waals surface area contributed by atoms with E-state index in [0.717, 1.165) is 38.5 Å². The summed E-state index contributed by atoms with van der Waals surface area (Å²) in [4.78, 5) is 5.25. The minimum absolute atomic E-state index is 0.269. The smallest absolute Gasteiger partial charge is 0.170 e. The number of hydrogen-bond donors (Lipinski definition) is 1. The number of likely N-dealkylation sites (N-methyl/N-ethyl adjacent to an activating group) is 1. The van der Waals surface area contributed by atoms with Gasteiger partial charge in [-0.1, -0.05) is 0 Å². The molecule has 1 aliphatic carbocycles. The van der Waals surface area contributed by atoms with E-state index in [1.807, 2.05) is 0 Å². The Kier molecular flexibility index (Phi) is 3.74. The van der Waals surface area contributed by atoms with Gasteiger partial charge in [0.2, 0.25) is 0 Å². The highest BCUT2D eigenvalue weighted by Gasteiger charge is 2.47. The molecule has 0 aromatic heterocycles. The fraction of sp³-hybridized carbons (Fsp3) is 1.00. The number of ether oxygens (including phenoxy) is 2. The van der Waals surface area contributed by atoms with Crippen molar-refractivity contribution in [3.63, 3.8) is 0 Å². The second kappa shape index (κ2) is 5.46. The molecule has 120 valence electrons. The molecule has 2 bridgehead atoms. The first kappa shape index (κ1) is 14.4. The molecule has 4 aliphatic rings. The number of likely N-dealkylation sites (tertiary alicyclic amines) is 1. The molecule has 3 saturated heterocycles. The van der Waals surface area contributed by atoms with Gasteiger partial charge in [0.05, 0.1) is 13.2 Å². The van der Waals surface area contributed by atoms with Gasteiger partial charge in [-0.25, -0.2) is 0 Å². The van der Waals surface area contributed by atoms with E-state index < -0.39 is 0 Å². The normalized spacial score (nSPS) is 44.3. The number of nitrogens with two attached hydrogens (primary N) is 1. The number of hydrogen-bond acceptors (Lipinski definition) is 5. The van der Waals surface area contributed by atoms with Crippen LogP contribution < -0.4 is 5.73 Å². The lowest BCUT2D eigenvalue weighted by atomic mass is 9.84. The van der Waals surface area contributed by atoms with Crippen molar-refractivity contribution in [2.45, 2.75) is 68.5 Å². The maximum absolute atomic E-state index is 6.48. The van der Waals surface area contributed by atoms with Crippen LogP contribution in [0, 0.1) is 0 Å². The van der Waals surface area contributed by atoms with Crippen LogP contribution in [0.3, 0.4) is 0 Å². The van der Waals surface area contributed by atoms with Gasteiger partial charge >= 0.3 is 0 Å². The molecule has 0 aromatic rings. The fourth-order valence-electron chi connectivity index (χ4n) is 4.95. The molecule has 0 aromatic carbocycles. The topological polar surface area (TPSA) is 51.0 Å². The van der Waals surface area contributed by atoms with Crippen molar-refractivity contribution in [2.75, 3.05) is 33.4 Å². The highest BCUT2D eigenvalue weighted by Crippen LogP contribution is 2.39. The van der Waals surface area contributed by atoms with Gasteiger partial charge in [-0.05, 0) is 32.7 Å². The van der Waals surface area contributed by atoms with Crippen molar-refractivity contribution >= 4 is 0 Å². The van der Waals surface area contributed by atoms with Gasteiger partial charge in [-0.15, -0.1) is 0 Å². The van der Waals surface area contributed by atoms with Crippen molar-refractivity contribution in [1.29, 1.82) is 0 Å². The van der Waals surface area contributed by atoms with E-state index in [-0.39, 0.29) is 11.8 Å². The van der Waals surface area contributed by atoms with Crippen LogP contribution in [-0.2, 0) is 9.47 Å². The van der Waals surface area contributed by atoms with Crippen molar-refractivity contribution in [3.8, 4) is 0 Å². The molecule has 0 radical (unpaired) electrons. The molecule has 5 nitrogen and oxygen atoms in total. The van der Waals surface area contributed by atoms with Gasteiger partial charge in [0.15, 0.2) is 5.79 Å². The number of rotatable bonds is 1. The van der Waals surface area contributed by atoms with Crippen LogP contribution in [0.1, 0.15) is 38.5 Å². The first-order valence-corrected chi connectivity index (χ1v) is 8.66. The van der Waals surface area contributed by atoms with Gasteiger partial charge in [0, 0.05) is 50.1 Å². The minimum Gasteiger partial charge on any atom is -0.347 e. The Morgan fingerprint density at radius 1 is 1.05 bits per heavy atom. The molecule has 3 aliphatic heterocycles. The molecule has 4 rings (SSSR count). The lowest BCUT2D eigenvalue weighted by Crippen LogP contribution is -2.57. The summed E-state index contributed by atoms with van der Waals surface area (Å²) in [5, 5.41) is 0. The molecule has 3 heterocycles. The SMILES string of the molecule is CN1C2CCC1CN(C1CC3(CCC1N)OCCO3)CC2. The summed E-state index contributed by atoms with van der Waals surface area (Å²) in [7, 11) is 2.30. The molecule has 4 fully saturated rings. The van der Waals surface area contributed by atoms with E-state index in [1.165, 1.54) is 32.4 Å². The first-order chi connectivity index (χ1) is 10.2. The minimum atomic E-state index is -0.322. The van der Waals surface area contributed by atoms with E-state index in [1.54, 1.807) is 0 Å². The molecule has 4 atom stereocenters. The Morgan fingerprint density at radius 2 is 1.81 bits per heavy atom. The van der Waals surface area contributed by atoms with Crippen LogP contribution in [0.2, 0.25) is 0 Å². The number of fused-ring (bicyclic) bond motifs is 2. The maximum atomic E-state index is 6.48. The van der Waals surface area contributed by atoms with Crippen LogP contribution in [0.15, 0.2) is 0 Å². The van der Waals surface area contributed by atoms with E-state index in [2.05, 4.69) is 16.8 Å². The average molecular weight is 295 g/mol. The molecule has 5 heteroatoms. The Hall–Kier alpha value is -0.200. The van der Waals surface area contributed by atoms with Gasteiger partial charge in [0.25, 0.3) is 0 Å². The quantitative estimate of drug-likeness (QED) is 0.775. The Morgan fingerprint density at radius 3 is 2.62 bits per heavy atom. The zero-order valence-electron chi connectivity index (χ0n) is 13.2. The van der Waals surface area contributed by atoms with Crippen LogP contribution in [0.5, 0.6) is 0 Å². The Balaban J connectivity index is 1.49. The Labute approximate surface area is 127 Å². The summed E-state index contributed by atoms with van der Waals surface area (Å²) in [5.74, 6) is -0.322. The van der Waals surface area contributed by atoms with Gasteiger partial charge < -0.3 is 15.2 Å². The fourth-order valence-corrected chi connectivity index (χ4v) is 4.95. The highest BCUT2D eigenvalue weighted by molar-refractivity contribution is 4.99. The van der Waals surface area contributed by atoms with Crippen molar-refractivity contribution in [2.24, 2.45) is 5.73 Å². The highest BCUT2D eigenvalue weighted by atomic mass is 16.7. The summed E-state index contributed by atoms with van der Waals surface area (Å²) in [6, 6.07) is 2.19. The van der Waals surface area contributed by atoms with Crippen LogP contribution in [-0.4, -0.2) is 73.1 Å². The van der Waals surface area contributed by atoms with Crippen molar-refractivity contribution < 1.29 is 9.47 Å². The molecule has 4 unspecified atom stereocenters.